The number of aliphatic hydroxyl groups excluding tert-OH is 1. The molecule has 5 nitrogen and oxygen atoms in total. The van der Waals surface area contributed by atoms with Gasteiger partial charge in [0.2, 0.25) is 6.29 Å². The zero-order chi connectivity index (χ0) is 20.6. The Labute approximate surface area is 187 Å². The van der Waals surface area contributed by atoms with Crippen molar-refractivity contribution < 1.29 is 19.4 Å². The minimum atomic E-state index is -0.493. The van der Waals surface area contributed by atoms with Gasteiger partial charge in [-0.3, -0.25) is 4.79 Å². The summed E-state index contributed by atoms with van der Waals surface area (Å²) in [5.74, 6) is 0.278. The largest absolute Gasteiger partial charge is 0.459 e. The van der Waals surface area contributed by atoms with Crippen LogP contribution < -0.4 is 5.32 Å². The molecule has 1 saturated carbocycles. The molecule has 29 heavy (non-hydrogen) atoms. The van der Waals surface area contributed by atoms with Crippen LogP contribution in [0.5, 0.6) is 0 Å². The Hall–Kier alpha value is -1.12. The van der Waals surface area contributed by atoms with Crippen LogP contribution in [0.15, 0.2) is 36.1 Å². The lowest BCUT2D eigenvalue weighted by Crippen LogP contribution is -2.42. The second-order valence-corrected chi connectivity index (χ2v) is 9.13. The molecule has 1 aliphatic heterocycles. The Morgan fingerprint density at radius 1 is 1.24 bits per heavy atom. The average molecular weight is 513 g/mol. The lowest BCUT2D eigenvalue weighted by molar-refractivity contribution is -0.166. The molecule has 0 aromatic heterocycles. The molecule has 1 heterocycles. The SMILES string of the molecule is CCO[C@@H]1OC(C(=O)NC2CCCCC2)=C[C@H](c2ccc(I)cc2)[C@H]1CCCO. The number of allylic oxidation sites excluding steroid dienone is 1. The van der Waals surface area contributed by atoms with Gasteiger partial charge in [-0.1, -0.05) is 31.4 Å². The maximum atomic E-state index is 13.0. The molecule has 3 rings (SSSR count). The van der Waals surface area contributed by atoms with Crippen molar-refractivity contribution in [2.45, 2.75) is 70.1 Å². The number of amides is 1. The topological polar surface area (TPSA) is 67.8 Å². The molecule has 1 aromatic rings. The average Bonchev–Trinajstić information content (AvgIpc) is 2.74. The van der Waals surface area contributed by atoms with Crippen LogP contribution in [0.3, 0.4) is 0 Å². The van der Waals surface area contributed by atoms with Gasteiger partial charge >= 0.3 is 0 Å². The molecule has 0 spiro atoms. The van der Waals surface area contributed by atoms with E-state index in [4.69, 9.17) is 9.47 Å². The zero-order valence-corrected chi connectivity index (χ0v) is 19.3. The van der Waals surface area contributed by atoms with Gasteiger partial charge in [0, 0.05) is 34.7 Å². The summed E-state index contributed by atoms with van der Waals surface area (Å²) < 4.78 is 13.1. The van der Waals surface area contributed by atoms with E-state index in [-0.39, 0.29) is 30.4 Å². The molecule has 0 saturated heterocycles. The molecule has 1 fully saturated rings. The van der Waals surface area contributed by atoms with Crippen LogP contribution in [0.4, 0.5) is 0 Å². The Bertz CT molecular complexity index is 685. The van der Waals surface area contributed by atoms with E-state index in [2.05, 4.69) is 52.2 Å². The van der Waals surface area contributed by atoms with Crippen LogP contribution in [0.2, 0.25) is 0 Å². The van der Waals surface area contributed by atoms with Gasteiger partial charge in [0.15, 0.2) is 5.76 Å². The fourth-order valence-electron chi connectivity index (χ4n) is 4.33. The maximum Gasteiger partial charge on any atom is 0.286 e. The molecular formula is C23H32INO4. The van der Waals surface area contributed by atoms with Crippen molar-refractivity contribution >= 4 is 28.5 Å². The van der Waals surface area contributed by atoms with Gasteiger partial charge < -0.3 is 19.9 Å². The lowest BCUT2D eigenvalue weighted by Gasteiger charge is -2.37. The second kappa shape index (κ2) is 11.3. The summed E-state index contributed by atoms with van der Waals surface area (Å²) in [5.41, 5.74) is 1.14. The number of halogens is 1. The Morgan fingerprint density at radius 3 is 2.62 bits per heavy atom. The van der Waals surface area contributed by atoms with E-state index in [1.54, 1.807) is 0 Å². The van der Waals surface area contributed by atoms with Gasteiger partial charge in [0.05, 0.1) is 0 Å². The number of aliphatic hydroxyl groups is 1. The molecule has 2 aliphatic rings. The number of benzene rings is 1. The number of hydrogen-bond donors (Lipinski definition) is 2. The summed E-state index contributed by atoms with van der Waals surface area (Å²) in [6.07, 6.45) is 8.56. The molecule has 6 heteroatoms. The van der Waals surface area contributed by atoms with Crippen LogP contribution in [0.25, 0.3) is 0 Å². The van der Waals surface area contributed by atoms with Gasteiger partial charge in [-0.2, -0.15) is 0 Å². The van der Waals surface area contributed by atoms with E-state index in [1.807, 2.05) is 13.0 Å². The van der Waals surface area contributed by atoms with Gasteiger partial charge in [0.25, 0.3) is 5.91 Å². The fraction of sp³-hybridized carbons (Fsp3) is 0.609. The van der Waals surface area contributed by atoms with Crippen LogP contribution >= 0.6 is 22.6 Å². The predicted molar refractivity (Wildman–Crippen MR) is 121 cm³/mol. The Morgan fingerprint density at radius 2 is 1.97 bits per heavy atom. The Kier molecular flexibility index (Phi) is 8.81. The summed E-state index contributed by atoms with van der Waals surface area (Å²) >= 11 is 2.30. The minimum absolute atomic E-state index is 0.0101. The van der Waals surface area contributed by atoms with E-state index >= 15 is 0 Å². The van der Waals surface area contributed by atoms with E-state index in [0.717, 1.165) is 24.8 Å². The summed E-state index contributed by atoms with van der Waals surface area (Å²) in [7, 11) is 0. The quantitative estimate of drug-likeness (QED) is 0.503. The first-order chi connectivity index (χ1) is 14.1. The van der Waals surface area contributed by atoms with Gasteiger partial charge in [0.1, 0.15) is 0 Å². The molecule has 160 valence electrons. The van der Waals surface area contributed by atoms with E-state index in [9.17, 15) is 9.90 Å². The van der Waals surface area contributed by atoms with Gasteiger partial charge in [-0.05, 0) is 79.0 Å². The second-order valence-electron chi connectivity index (χ2n) is 7.89. The Balaban J connectivity index is 1.86. The molecule has 0 bridgehead atoms. The van der Waals surface area contributed by atoms with Crippen molar-refractivity contribution in [1.29, 1.82) is 0 Å². The molecule has 1 amide bonds. The van der Waals surface area contributed by atoms with E-state index in [1.165, 1.54) is 22.8 Å². The number of ether oxygens (including phenoxy) is 2. The number of carbonyl (C=O) groups excluding carboxylic acids is 1. The predicted octanol–water partition coefficient (Wildman–Crippen LogP) is 4.49. The highest BCUT2D eigenvalue weighted by Crippen LogP contribution is 2.39. The first-order valence-electron chi connectivity index (χ1n) is 10.8. The number of carbonyl (C=O) groups is 1. The monoisotopic (exact) mass is 513 g/mol. The summed E-state index contributed by atoms with van der Waals surface area (Å²) in [6.45, 7) is 2.58. The zero-order valence-electron chi connectivity index (χ0n) is 17.1. The standard InChI is InChI=1S/C23H32INO4/c1-2-28-23-19(9-6-14-26)20(16-10-12-17(24)13-11-16)15-21(29-23)22(27)25-18-7-4-3-5-8-18/h10-13,15,18-20,23,26H,2-9,14H2,1H3,(H,25,27)/t19-,20-,23-/m1/s1. The van der Waals surface area contributed by atoms with Gasteiger partial charge in [-0.25, -0.2) is 0 Å². The van der Waals surface area contributed by atoms with Crippen LogP contribution in [-0.2, 0) is 14.3 Å². The highest BCUT2D eigenvalue weighted by atomic mass is 127. The summed E-state index contributed by atoms with van der Waals surface area (Å²) in [4.78, 5) is 13.0. The van der Waals surface area contributed by atoms with E-state index < -0.39 is 6.29 Å². The van der Waals surface area contributed by atoms with Crippen molar-refractivity contribution in [3.05, 3.63) is 45.2 Å². The third-order valence-corrected chi connectivity index (χ3v) is 6.55. The number of hydrogen-bond acceptors (Lipinski definition) is 4. The molecule has 3 atom stereocenters. The third kappa shape index (κ3) is 6.18. The van der Waals surface area contributed by atoms with Crippen molar-refractivity contribution in [2.24, 2.45) is 5.92 Å². The molecular weight excluding hydrogens is 481 g/mol. The molecule has 1 aromatic carbocycles. The normalized spacial score (nSPS) is 25.2. The molecule has 2 N–H and O–H groups in total. The number of nitrogens with one attached hydrogen (secondary N) is 1. The fourth-order valence-corrected chi connectivity index (χ4v) is 4.69. The van der Waals surface area contributed by atoms with Gasteiger partial charge in [-0.15, -0.1) is 0 Å². The van der Waals surface area contributed by atoms with Crippen molar-refractivity contribution in [3.63, 3.8) is 0 Å². The maximum absolute atomic E-state index is 13.0. The highest BCUT2D eigenvalue weighted by Gasteiger charge is 2.38. The van der Waals surface area contributed by atoms with E-state index in [0.29, 0.717) is 18.8 Å². The van der Waals surface area contributed by atoms with Crippen LogP contribution in [-0.4, -0.2) is 36.6 Å². The van der Waals surface area contributed by atoms with Crippen LogP contribution in [0.1, 0.15) is 63.4 Å². The minimum Gasteiger partial charge on any atom is -0.459 e. The first-order valence-corrected chi connectivity index (χ1v) is 11.9. The molecule has 0 unspecified atom stereocenters. The molecule has 1 aliphatic carbocycles. The first kappa shape index (κ1) is 22.6. The lowest BCUT2D eigenvalue weighted by atomic mass is 9.80. The van der Waals surface area contributed by atoms with Crippen molar-refractivity contribution in [1.82, 2.24) is 5.32 Å². The van der Waals surface area contributed by atoms with Crippen molar-refractivity contribution in [2.75, 3.05) is 13.2 Å². The smallest absolute Gasteiger partial charge is 0.286 e. The van der Waals surface area contributed by atoms with Crippen molar-refractivity contribution in [3.8, 4) is 0 Å². The van der Waals surface area contributed by atoms with Crippen LogP contribution in [0, 0.1) is 9.49 Å². The summed E-state index contributed by atoms with van der Waals surface area (Å²) in [6, 6.07) is 8.62. The third-order valence-electron chi connectivity index (χ3n) is 5.83. The highest BCUT2D eigenvalue weighted by molar-refractivity contribution is 14.1. The summed E-state index contributed by atoms with van der Waals surface area (Å²) in [5, 5.41) is 12.5. The molecule has 0 radical (unpaired) electrons. The number of rotatable bonds is 8.